The van der Waals surface area contributed by atoms with E-state index in [1.165, 1.54) is 6.07 Å². The Morgan fingerprint density at radius 2 is 2.15 bits per heavy atom. The van der Waals surface area contributed by atoms with Crippen molar-refractivity contribution in [2.45, 2.75) is 45.2 Å². The van der Waals surface area contributed by atoms with E-state index in [-0.39, 0.29) is 18.0 Å². The van der Waals surface area contributed by atoms with Crippen LogP contribution in [-0.2, 0) is 23.3 Å². The standard InChI is InChI=1S/C18H21N5O4/c1-3-4-8-13-20-14(27-22-13)10-23-16(25)18(2,21-17(23)26)12-7-5-6-11(9-12)15(19)24/h5-7,9H,3-4,8,10H2,1-2H3,(H2,19,24)(H,21,26). The first-order chi connectivity index (χ1) is 12.8. The molecule has 27 heavy (non-hydrogen) atoms. The molecule has 1 aromatic heterocycles. The zero-order valence-electron chi connectivity index (χ0n) is 15.2. The largest absolute Gasteiger partial charge is 0.366 e. The third-order valence-electron chi connectivity index (χ3n) is 4.56. The first-order valence-electron chi connectivity index (χ1n) is 8.71. The second-order valence-electron chi connectivity index (χ2n) is 6.60. The number of carbonyl (C=O) groups excluding carboxylic acids is 3. The molecule has 1 saturated heterocycles. The second-order valence-corrected chi connectivity index (χ2v) is 6.60. The number of nitrogens with zero attached hydrogens (tertiary/aromatic N) is 3. The van der Waals surface area contributed by atoms with Crippen molar-refractivity contribution >= 4 is 17.8 Å². The number of imide groups is 1. The van der Waals surface area contributed by atoms with Gasteiger partial charge in [-0.25, -0.2) is 4.79 Å². The molecule has 3 N–H and O–H groups in total. The number of nitrogens with two attached hydrogens (primary N) is 1. The molecule has 9 heteroatoms. The molecule has 2 aromatic rings. The Morgan fingerprint density at radius 3 is 2.85 bits per heavy atom. The lowest BCUT2D eigenvalue weighted by Gasteiger charge is -2.22. The number of amides is 4. The maximum Gasteiger partial charge on any atom is 0.325 e. The lowest BCUT2D eigenvalue weighted by molar-refractivity contribution is -0.131. The number of hydrogen-bond donors (Lipinski definition) is 2. The quantitative estimate of drug-likeness (QED) is 0.709. The highest BCUT2D eigenvalue weighted by atomic mass is 16.5. The lowest BCUT2D eigenvalue weighted by Crippen LogP contribution is -2.41. The number of benzene rings is 1. The van der Waals surface area contributed by atoms with Crippen LogP contribution in [0.4, 0.5) is 4.79 Å². The van der Waals surface area contributed by atoms with Gasteiger partial charge in [-0.1, -0.05) is 30.6 Å². The maximum absolute atomic E-state index is 12.9. The predicted octanol–water partition coefficient (Wildman–Crippen LogP) is 1.48. The molecule has 1 fully saturated rings. The minimum Gasteiger partial charge on any atom is -0.366 e. The summed E-state index contributed by atoms with van der Waals surface area (Å²) in [6, 6.07) is 5.74. The Hall–Kier alpha value is -3.23. The van der Waals surface area contributed by atoms with Crippen LogP contribution >= 0.6 is 0 Å². The topological polar surface area (TPSA) is 131 Å². The molecule has 142 valence electrons. The van der Waals surface area contributed by atoms with E-state index in [4.69, 9.17) is 10.3 Å². The Labute approximate surface area is 155 Å². The van der Waals surface area contributed by atoms with Gasteiger partial charge in [-0.15, -0.1) is 0 Å². The van der Waals surface area contributed by atoms with Crippen molar-refractivity contribution in [1.29, 1.82) is 0 Å². The fourth-order valence-corrected chi connectivity index (χ4v) is 2.95. The van der Waals surface area contributed by atoms with Crippen LogP contribution in [0, 0.1) is 0 Å². The number of rotatable bonds is 7. The molecule has 1 unspecified atom stereocenters. The van der Waals surface area contributed by atoms with Gasteiger partial charge in [-0.05, 0) is 31.0 Å². The first-order valence-corrected chi connectivity index (χ1v) is 8.71. The summed E-state index contributed by atoms with van der Waals surface area (Å²) in [5.41, 5.74) is 4.71. The molecule has 0 radical (unpaired) electrons. The van der Waals surface area contributed by atoms with Crippen LogP contribution in [0.5, 0.6) is 0 Å². The van der Waals surface area contributed by atoms with Crippen LogP contribution in [0.1, 0.15) is 54.3 Å². The summed E-state index contributed by atoms with van der Waals surface area (Å²) in [4.78, 5) is 42.0. The molecule has 0 aliphatic carbocycles. The number of aromatic nitrogens is 2. The molecule has 1 aliphatic rings. The van der Waals surface area contributed by atoms with E-state index in [9.17, 15) is 14.4 Å². The van der Waals surface area contributed by atoms with Crippen molar-refractivity contribution in [3.63, 3.8) is 0 Å². The third kappa shape index (κ3) is 3.53. The van der Waals surface area contributed by atoms with Gasteiger partial charge in [0.15, 0.2) is 5.82 Å². The smallest absolute Gasteiger partial charge is 0.325 e. The van der Waals surface area contributed by atoms with E-state index >= 15 is 0 Å². The SMILES string of the molecule is CCCCc1noc(CN2C(=O)NC(C)(c3cccc(C(N)=O)c3)C2=O)n1. The summed E-state index contributed by atoms with van der Waals surface area (Å²) < 4.78 is 5.15. The number of nitrogens with one attached hydrogen (secondary N) is 1. The predicted molar refractivity (Wildman–Crippen MR) is 94.3 cm³/mol. The number of urea groups is 1. The number of hydrogen-bond acceptors (Lipinski definition) is 6. The van der Waals surface area contributed by atoms with Crippen LogP contribution in [0.15, 0.2) is 28.8 Å². The van der Waals surface area contributed by atoms with Crippen molar-refractivity contribution in [3.05, 3.63) is 47.1 Å². The van der Waals surface area contributed by atoms with Gasteiger partial charge in [0.2, 0.25) is 11.8 Å². The summed E-state index contributed by atoms with van der Waals surface area (Å²) in [5.74, 6) is -0.336. The van der Waals surface area contributed by atoms with E-state index in [1.54, 1.807) is 25.1 Å². The normalized spacial score (nSPS) is 19.4. The van der Waals surface area contributed by atoms with Gasteiger partial charge in [0.1, 0.15) is 12.1 Å². The van der Waals surface area contributed by atoms with E-state index in [2.05, 4.69) is 22.4 Å². The van der Waals surface area contributed by atoms with Crippen LogP contribution in [0.2, 0.25) is 0 Å². The van der Waals surface area contributed by atoms with E-state index in [1.807, 2.05) is 0 Å². The average molecular weight is 371 g/mol. The minimum absolute atomic E-state index is 0.116. The van der Waals surface area contributed by atoms with Crippen LogP contribution < -0.4 is 11.1 Å². The van der Waals surface area contributed by atoms with Crippen molar-refractivity contribution in [2.24, 2.45) is 5.73 Å². The van der Waals surface area contributed by atoms with Crippen LogP contribution in [-0.4, -0.2) is 32.9 Å². The number of aryl methyl sites for hydroxylation is 1. The fourth-order valence-electron chi connectivity index (χ4n) is 2.95. The number of unbranched alkanes of at least 4 members (excludes halogenated alkanes) is 1. The van der Waals surface area contributed by atoms with Gasteiger partial charge in [0, 0.05) is 12.0 Å². The summed E-state index contributed by atoms with van der Waals surface area (Å²) >= 11 is 0. The van der Waals surface area contributed by atoms with Gasteiger partial charge >= 0.3 is 6.03 Å². The van der Waals surface area contributed by atoms with Gasteiger partial charge < -0.3 is 15.6 Å². The molecule has 1 aromatic carbocycles. The molecular weight excluding hydrogens is 350 g/mol. The monoisotopic (exact) mass is 371 g/mol. The Kier molecular flexibility index (Phi) is 4.93. The summed E-state index contributed by atoms with van der Waals surface area (Å²) in [7, 11) is 0. The Balaban J connectivity index is 1.81. The lowest BCUT2D eigenvalue weighted by atomic mass is 9.90. The number of primary amides is 1. The van der Waals surface area contributed by atoms with Gasteiger partial charge in [0.25, 0.3) is 5.91 Å². The van der Waals surface area contributed by atoms with Gasteiger partial charge in [-0.2, -0.15) is 4.98 Å². The molecule has 9 nitrogen and oxygen atoms in total. The van der Waals surface area contributed by atoms with Gasteiger partial charge in [0.05, 0.1) is 0 Å². The van der Waals surface area contributed by atoms with Crippen molar-refractivity contribution < 1.29 is 18.9 Å². The van der Waals surface area contributed by atoms with Crippen LogP contribution in [0.25, 0.3) is 0 Å². The summed E-state index contributed by atoms with van der Waals surface area (Å²) in [5, 5.41) is 6.53. The highest BCUT2D eigenvalue weighted by Gasteiger charge is 2.49. The highest BCUT2D eigenvalue weighted by Crippen LogP contribution is 2.30. The maximum atomic E-state index is 12.9. The van der Waals surface area contributed by atoms with E-state index < -0.39 is 23.4 Å². The number of carbonyl (C=O) groups is 3. The molecule has 2 heterocycles. The fraction of sp³-hybridized carbons (Fsp3) is 0.389. The Morgan fingerprint density at radius 1 is 1.37 bits per heavy atom. The van der Waals surface area contributed by atoms with Crippen LogP contribution in [0.3, 0.4) is 0 Å². The van der Waals surface area contributed by atoms with Crippen molar-refractivity contribution in [1.82, 2.24) is 20.4 Å². The molecule has 0 bridgehead atoms. The first kappa shape index (κ1) is 18.6. The summed E-state index contributed by atoms with van der Waals surface area (Å²) in [6.07, 6.45) is 2.60. The van der Waals surface area contributed by atoms with E-state index in [0.717, 1.165) is 17.7 Å². The Bertz CT molecular complexity index is 893. The molecular formula is C18H21N5O4. The second kappa shape index (κ2) is 7.18. The van der Waals surface area contributed by atoms with E-state index in [0.29, 0.717) is 17.8 Å². The zero-order chi connectivity index (χ0) is 19.6. The van der Waals surface area contributed by atoms with Gasteiger partial charge in [-0.3, -0.25) is 14.5 Å². The molecule has 0 saturated carbocycles. The van der Waals surface area contributed by atoms with Crippen molar-refractivity contribution in [2.75, 3.05) is 0 Å². The zero-order valence-corrected chi connectivity index (χ0v) is 15.2. The molecule has 0 spiro atoms. The highest BCUT2D eigenvalue weighted by molar-refractivity contribution is 6.07. The third-order valence-corrected chi connectivity index (χ3v) is 4.56. The molecule has 3 rings (SSSR count). The molecule has 1 atom stereocenters. The van der Waals surface area contributed by atoms with Crippen molar-refractivity contribution in [3.8, 4) is 0 Å². The average Bonchev–Trinajstić information content (AvgIpc) is 3.19. The summed E-state index contributed by atoms with van der Waals surface area (Å²) in [6.45, 7) is 3.52. The molecule has 1 aliphatic heterocycles. The molecule has 4 amide bonds. The minimum atomic E-state index is -1.31.